The van der Waals surface area contributed by atoms with Crippen molar-refractivity contribution in [3.63, 3.8) is 0 Å². The minimum Gasteiger partial charge on any atom is -0.481 e. The highest BCUT2D eigenvalue weighted by Gasteiger charge is 2.38. The summed E-state index contributed by atoms with van der Waals surface area (Å²) >= 11 is 0. The Balaban J connectivity index is 2.68. The number of carbonyl (C=O) groups excluding carboxylic acids is 1. The minimum atomic E-state index is -0.780. The third-order valence-corrected chi connectivity index (χ3v) is 3.90. The molecular formula is C14H26N2O3. The molecule has 0 aromatic rings. The Labute approximate surface area is 115 Å². The van der Waals surface area contributed by atoms with E-state index in [9.17, 15) is 9.59 Å². The lowest BCUT2D eigenvalue weighted by Gasteiger charge is -2.43. The van der Waals surface area contributed by atoms with E-state index >= 15 is 0 Å². The first-order chi connectivity index (χ1) is 8.85. The Bertz CT molecular complexity index is 323. The first kappa shape index (κ1) is 16.0. The second-order valence-electron chi connectivity index (χ2n) is 5.93. The Morgan fingerprint density at radius 2 is 1.84 bits per heavy atom. The van der Waals surface area contributed by atoms with E-state index in [4.69, 9.17) is 5.11 Å². The molecule has 0 spiro atoms. The maximum absolute atomic E-state index is 11.8. The van der Waals surface area contributed by atoms with Gasteiger partial charge in [0, 0.05) is 11.6 Å². The van der Waals surface area contributed by atoms with Gasteiger partial charge in [-0.25, -0.2) is 0 Å². The van der Waals surface area contributed by atoms with Crippen molar-refractivity contribution in [2.45, 2.75) is 64.0 Å². The first-order valence-corrected chi connectivity index (χ1v) is 7.08. The molecule has 1 rings (SSSR count). The van der Waals surface area contributed by atoms with Crippen LogP contribution in [-0.4, -0.2) is 47.1 Å². The fourth-order valence-electron chi connectivity index (χ4n) is 2.94. The molecule has 1 aliphatic rings. The van der Waals surface area contributed by atoms with Crippen molar-refractivity contribution in [3.05, 3.63) is 0 Å². The van der Waals surface area contributed by atoms with Gasteiger partial charge in [-0.15, -0.1) is 0 Å². The molecule has 0 unspecified atom stereocenters. The van der Waals surface area contributed by atoms with Crippen LogP contribution in [0, 0.1) is 0 Å². The summed E-state index contributed by atoms with van der Waals surface area (Å²) in [7, 11) is 1.87. The largest absolute Gasteiger partial charge is 0.481 e. The zero-order chi connectivity index (χ0) is 14.5. The molecule has 0 heterocycles. The van der Waals surface area contributed by atoms with Crippen molar-refractivity contribution in [1.82, 2.24) is 10.2 Å². The van der Waals surface area contributed by atoms with Gasteiger partial charge in [0.15, 0.2) is 0 Å². The zero-order valence-corrected chi connectivity index (χ0v) is 12.2. The van der Waals surface area contributed by atoms with Crippen molar-refractivity contribution in [3.8, 4) is 0 Å². The third kappa shape index (κ3) is 4.82. The lowest BCUT2D eigenvalue weighted by Crippen LogP contribution is -2.53. The van der Waals surface area contributed by atoms with Crippen molar-refractivity contribution >= 4 is 11.9 Å². The maximum Gasteiger partial charge on any atom is 0.305 e. The van der Waals surface area contributed by atoms with Gasteiger partial charge >= 0.3 is 5.97 Å². The lowest BCUT2D eigenvalue weighted by molar-refractivity contribution is -0.142. The van der Waals surface area contributed by atoms with Crippen LogP contribution in [0.1, 0.15) is 52.4 Å². The number of aliphatic carboxylic acids is 1. The lowest BCUT2D eigenvalue weighted by atomic mass is 9.78. The van der Waals surface area contributed by atoms with Crippen LogP contribution in [0.5, 0.6) is 0 Å². The molecule has 0 aliphatic heterocycles. The summed E-state index contributed by atoms with van der Waals surface area (Å²) < 4.78 is 0. The van der Waals surface area contributed by atoms with E-state index in [0.29, 0.717) is 0 Å². The SMILES string of the molecule is CC(C)NC(=O)CN(C)C1(CC(=O)O)CCCCC1. The predicted octanol–water partition coefficient (Wildman–Crippen LogP) is 1.62. The molecule has 1 aliphatic carbocycles. The number of hydrogen-bond acceptors (Lipinski definition) is 3. The van der Waals surface area contributed by atoms with Crippen molar-refractivity contribution in [2.24, 2.45) is 0 Å². The molecule has 0 aromatic carbocycles. The number of carboxylic acids is 1. The van der Waals surface area contributed by atoms with E-state index in [2.05, 4.69) is 5.32 Å². The summed E-state index contributed by atoms with van der Waals surface area (Å²) in [5.74, 6) is -0.814. The highest BCUT2D eigenvalue weighted by Crippen LogP contribution is 2.35. The van der Waals surface area contributed by atoms with Gasteiger partial charge in [0.25, 0.3) is 0 Å². The molecule has 110 valence electrons. The predicted molar refractivity (Wildman–Crippen MR) is 74.0 cm³/mol. The summed E-state index contributed by atoms with van der Waals surface area (Å²) in [5, 5.41) is 12.0. The van der Waals surface area contributed by atoms with Gasteiger partial charge in [0.05, 0.1) is 13.0 Å². The van der Waals surface area contributed by atoms with Crippen LogP contribution in [0.2, 0.25) is 0 Å². The van der Waals surface area contributed by atoms with Crippen molar-refractivity contribution < 1.29 is 14.7 Å². The second kappa shape index (κ2) is 6.89. The molecule has 1 fully saturated rings. The molecule has 0 bridgehead atoms. The summed E-state index contributed by atoms with van der Waals surface area (Å²) in [6.45, 7) is 4.11. The van der Waals surface area contributed by atoms with Crippen LogP contribution >= 0.6 is 0 Å². The quantitative estimate of drug-likeness (QED) is 0.769. The van der Waals surface area contributed by atoms with E-state index in [1.165, 1.54) is 0 Å². The van der Waals surface area contributed by atoms with Crippen LogP contribution in [0.3, 0.4) is 0 Å². The average Bonchev–Trinajstić information content (AvgIpc) is 2.27. The highest BCUT2D eigenvalue weighted by molar-refractivity contribution is 5.78. The highest BCUT2D eigenvalue weighted by atomic mass is 16.4. The van der Waals surface area contributed by atoms with E-state index < -0.39 is 5.97 Å². The fourth-order valence-corrected chi connectivity index (χ4v) is 2.94. The van der Waals surface area contributed by atoms with Gasteiger partial charge in [-0.2, -0.15) is 0 Å². The Morgan fingerprint density at radius 1 is 1.26 bits per heavy atom. The molecule has 1 saturated carbocycles. The van der Waals surface area contributed by atoms with Gasteiger partial charge in [0.1, 0.15) is 0 Å². The number of amides is 1. The van der Waals surface area contributed by atoms with E-state index in [1.54, 1.807) is 0 Å². The summed E-state index contributed by atoms with van der Waals surface area (Å²) in [5.41, 5.74) is -0.349. The first-order valence-electron chi connectivity index (χ1n) is 7.08. The van der Waals surface area contributed by atoms with Crippen LogP contribution in [0.4, 0.5) is 0 Å². The van der Waals surface area contributed by atoms with Crippen LogP contribution in [-0.2, 0) is 9.59 Å². The molecule has 5 heteroatoms. The molecular weight excluding hydrogens is 244 g/mol. The van der Waals surface area contributed by atoms with Gasteiger partial charge in [-0.3, -0.25) is 14.5 Å². The smallest absolute Gasteiger partial charge is 0.305 e. The number of carboxylic acid groups (broad SMARTS) is 1. The minimum absolute atomic E-state index is 0.0344. The second-order valence-corrected chi connectivity index (χ2v) is 5.93. The number of nitrogens with one attached hydrogen (secondary N) is 1. The number of hydrogen-bond donors (Lipinski definition) is 2. The number of rotatable bonds is 6. The van der Waals surface area contributed by atoms with Crippen LogP contribution in [0.25, 0.3) is 0 Å². The summed E-state index contributed by atoms with van der Waals surface area (Å²) in [4.78, 5) is 24.9. The van der Waals surface area contributed by atoms with Crippen LogP contribution in [0.15, 0.2) is 0 Å². The molecule has 0 radical (unpaired) electrons. The fraction of sp³-hybridized carbons (Fsp3) is 0.857. The monoisotopic (exact) mass is 270 g/mol. The molecule has 0 atom stereocenters. The third-order valence-electron chi connectivity index (χ3n) is 3.90. The van der Waals surface area contributed by atoms with E-state index in [1.807, 2.05) is 25.8 Å². The Kier molecular flexibility index (Phi) is 5.79. The average molecular weight is 270 g/mol. The molecule has 0 saturated heterocycles. The molecule has 0 aromatic heterocycles. The molecule has 5 nitrogen and oxygen atoms in total. The van der Waals surface area contributed by atoms with Gasteiger partial charge in [-0.05, 0) is 33.7 Å². The Hall–Kier alpha value is -1.10. The van der Waals surface area contributed by atoms with Gasteiger partial charge in [-0.1, -0.05) is 19.3 Å². The summed E-state index contributed by atoms with van der Waals surface area (Å²) in [6.07, 6.45) is 5.11. The number of nitrogens with zero attached hydrogens (tertiary/aromatic N) is 1. The van der Waals surface area contributed by atoms with Crippen molar-refractivity contribution in [1.29, 1.82) is 0 Å². The zero-order valence-electron chi connectivity index (χ0n) is 12.2. The summed E-state index contributed by atoms with van der Waals surface area (Å²) in [6, 6.07) is 0.114. The number of carbonyl (C=O) groups is 2. The van der Waals surface area contributed by atoms with E-state index in [0.717, 1.165) is 32.1 Å². The topological polar surface area (TPSA) is 69.6 Å². The van der Waals surface area contributed by atoms with Gasteiger partial charge in [0.2, 0.25) is 5.91 Å². The molecule has 1 amide bonds. The Morgan fingerprint density at radius 3 is 2.32 bits per heavy atom. The molecule has 2 N–H and O–H groups in total. The maximum atomic E-state index is 11.8. The standard InChI is InChI=1S/C14H26N2O3/c1-11(2)15-12(17)10-16(3)14(9-13(18)19)7-5-4-6-8-14/h11H,4-10H2,1-3H3,(H,15,17)(H,18,19). The molecule has 19 heavy (non-hydrogen) atoms. The van der Waals surface area contributed by atoms with Gasteiger partial charge < -0.3 is 10.4 Å². The van der Waals surface area contributed by atoms with E-state index in [-0.39, 0.29) is 30.5 Å². The van der Waals surface area contributed by atoms with Crippen LogP contribution < -0.4 is 5.32 Å². The number of likely N-dealkylation sites (N-methyl/N-ethyl adjacent to an activating group) is 1. The van der Waals surface area contributed by atoms with Crippen molar-refractivity contribution in [2.75, 3.05) is 13.6 Å². The normalized spacial score (nSPS) is 18.6.